The third-order valence-corrected chi connectivity index (χ3v) is 6.54. The van der Waals surface area contributed by atoms with Gasteiger partial charge in [0, 0.05) is 16.1 Å². The molecule has 0 spiro atoms. The van der Waals surface area contributed by atoms with Crippen molar-refractivity contribution < 1.29 is 9.59 Å². The van der Waals surface area contributed by atoms with E-state index in [9.17, 15) is 9.59 Å². The number of hydrogen-bond donors (Lipinski definition) is 2. The van der Waals surface area contributed by atoms with Crippen molar-refractivity contribution in [3.63, 3.8) is 0 Å². The Kier molecular flexibility index (Phi) is 5.00. The van der Waals surface area contributed by atoms with Gasteiger partial charge >= 0.3 is 0 Å². The first kappa shape index (κ1) is 19.4. The van der Waals surface area contributed by atoms with Crippen molar-refractivity contribution in [2.24, 2.45) is 11.7 Å². The fraction of sp³-hybridized carbons (Fsp3) is 0.318. The monoisotopic (exact) mass is 408 g/mol. The van der Waals surface area contributed by atoms with Gasteiger partial charge in [-0.15, -0.1) is 11.3 Å². The van der Waals surface area contributed by atoms with E-state index < -0.39 is 5.91 Å². The molecule has 1 aliphatic carbocycles. The van der Waals surface area contributed by atoms with Crippen molar-refractivity contribution in [1.82, 2.24) is 9.78 Å². The molecule has 1 atom stereocenters. The van der Waals surface area contributed by atoms with E-state index in [2.05, 4.69) is 17.3 Å². The van der Waals surface area contributed by atoms with Crippen LogP contribution in [-0.4, -0.2) is 21.6 Å². The number of amides is 2. The third kappa shape index (κ3) is 3.70. The molecule has 3 N–H and O–H groups in total. The average Bonchev–Trinajstić information content (AvgIpc) is 3.20. The zero-order chi connectivity index (χ0) is 20.7. The van der Waals surface area contributed by atoms with Crippen molar-refractivity contribution in [2.75, 3.05) is 5.32 Å². The van der Waals surface area contributed by atoms with E-state index in [1.54, 1.807) is 12.1 Å². The number of benzene rings is 1. The van der Waals surface area contributed by atoms with E-state index in [-0.39, 0.29) is 5.91 Å². The van der Waals surface area contributed by atoms with E-state index in [1.165, 1.54) is 11.3 Å². The molecule has 0 saturated heterocycles. The minimum Gasteiger partial charge on any atom is -0.365 e. The zero-order valence-electron chi connectivity index (χ0n) is 16.8. The van der Waals surface area contributed by atoms with Crippen molar-refractivity contribution in [1.29, 1.82) is 0 Å². The second-order valence-corrected chi connectivity index (χ2v) is 8.87. The Bertz CT molecular complexity index is 1090. The van der Waals surface area contributed by atoms with E-state index in [4.69, 9.17) is 5.73 Å². The molecule has 0 fully saturated rings. The summed E-state index contributed by atoms with van der Waals surface area (Å²) in [5, 5.41) is 7.93. The summed E-state index contributed by atoms with van der Waals surface area (Å²) < 4.78 is 1.84. The number of nitrogens with two attached hydrogens (primary N) is 1. The molecule has 1 aromatic carbocycles. The molecule has 0 aliphatic heterocycles. The largest absolute Gasteiger partial charge is 0.365 e. The molecule has 6 nitrogen and oxygen atoms in total. The highest BCUT2D eigenvalue weighted by molar-refractivity contribution is 7.17. The van der Waals surface area contributed by atoms with Crippen LogP contribution in [0.25, 0.3) is 5.69 Å². The number of rotatable bonds is 4. The first-order valence-corrected chi connectivity index (χ1v) is 10.5. The lowest BCUT2D eigenvalue weighted by molar-refractivity contribution is 0.1000. The highest BCUT2D eigenvalue weighted by Crippen LogP contribution is 2.39. The SMILES string of the molecule is Cc1cc(C)n(-c2ccc(C(=O)Nc3sc4c(c3C(N)=O)CC[C@@H](C)C4)cc2)n1. The minimum atomic E-state index is -0.479. The van der Waals surface area contributed by atoms with Gasteiger partial charge in [-0.05, 0) is 74.9 Å². The summed E-state index contributed by atoms with van der Waals surface area (Å²) in [5.74, 6) is -0.154. The number of aromatic nitrogens is 2. The van der Waals surface area contributed by atoms with Crippen LogP contribution in [-0.2, 0) is 12.8 Å². The predicted octanol–water partition coefficient (Wildman–Crippen LogP) is 4.03. The summed E-state index contributed by atoms with van der Waals surface area (Å²) >= 11 is 1.47. The van der Waals surface area contributed by atoms with Crippen molar-refractivity contribution in [2.45, 2.75) is 40.0 Å². The molecule has 7 heteroatoms. The molecule has 3 aromatic rings. The highest BCUT2D eigenvalue weighted by Gasteiger charge is 2.27. The van der Waals surface area contributed by atoms with E-state index in [1.807, 2.05) is 36.7 Å². The van der Waals surface area contributed by atoms with Gasteiger partial charge in [-0.25, -0.2) is 4.68 Å². The number of anilines is 1. The molecular weight excluding hydrogens is 384 g/mol. The molecule has 2 aromatic heterocycles. The summed E-state index contributed by atoms with van der Waals surface area (Å²) in [4.78, 5) is 26.0. The molecule has 0 bridgehead atoms. The van der Waals surface area contributed by atoms with Gasteiger partial charge in [0.05, 0.1) is 16.9 Å². The maximum Gasteiger partial charge on any atom is 0.256 e. The molecule has 0 unspecified atom stereocenters. The van der Waals surface area contributed by atoms with Gasteiger partial charge in [-0.1, -0.05) is 6.92 Å². The second-order valence-electron chi connectivity index (χ2n) is 7.76. The number of nitrogens with one attached hydrogen (secondary N) is 1. The first-order valence-electron chi connectivity index (χ1n) is 9.73. The van der Waals surface area contributed by atoms with Gasteiger partial charge in [0.15, 0.2) is 0 Å². The van der Waals surface area contributed by atoms with E-state index in [0.717, 1.165) is 46.8 Å². The molecule has 4 rings (SSSR count). The van der Waals surface area contributed by atoms with Crippen LogP contribution in [0.3, 0.4) is 0 Å². The summed E-state index contributed by atoms with van der Waals surface area (Å²) in [6, 6.07) is 9.27. The standard InChI is InChI=1S/C22H24N4O2S/c1-12-4-9-17-18(10-12)29-22(19(17)20(23)27)24-21(28)15-5-7-16(8-6-15)26-14(3)11-13(2)25-26/h5-8,11-12H,4,9-10H2,1-3H3,(H2,23,27)(H,24,28)/t12-/m1/s1. The number of hydrogen-bond acceptors (Lipinski definition) is 4. The summed E-state index contributed by atoms with van der Waals surface area (Å²) in [5.41, 5.74) is 10.5. The zero-order valence-corrected chi connectivity index (χ0v) is 17.6. The quantitative estimate of drug-likeness (QED) is 0.683. The molecule has 0 radical (unpaired) electrons. The maximum absolute atomic E-state index is 12.8. The van der Waals surface area contributed by atoms with Gasteiger partial charge in [0.1, 0.15) is 5.00 Å². The van der Waals surface area contributed by atoms with Crippen LogP contribution >= 0.6 is 11.3 Å². The molecule has 0 saturated carbocycles. The number of thiophene rings is 1. The Morgan fingerprint density at radius 2 is 1.97 bits per heavy atom. The molecule has 1 aliphatic rings. The van der Waals surface area contributed by atoms with Gasteiger partial charge in [0.2, 0.25) is 0 Å². The Morgan fingerprint density at radius 3 is 2.59 bits per heavy atom. The summed E-state index contributed by atoms with van der Waals surface area (Å²) in [6.45, 7) is 6.14. The normalized spacial score (nSPS) is 15.8. The summed E-state index contributed by atoms with van der Waals surface area (Å²) in [6.07, 6.45) is 2.79. The molecular formula is C22H24N4O2S. The second kappa shape index (κ2) is 7.48. The predicted molar refractivity (Wildman–Crippen MR) is 115 cm³/mol. The van der Waals surface area contributed by atoms with E-state index in [0.29, 0.717) is 22.0 Å². The number of primary amides is 1. The van der Waals surface area contributed by atoms with Crippen LogP contribution < -0.4 is 11.1 Å². The Labute approximate surface area is 173 Å². The Balaban J connectivity index is 1.58. The Morgan fingerprint density at radius 1 is 1.24 bits per heavy atom. The van der Waals surface area contributed by atoms with Crippen molar-refractivity contribution in [3.05, 3.63) is 63.3 Å². The molecule has 2 amide bonds. The molecule has 29 heavy (non-hydrogen) atoms. The number of nitrogens with zero attached hydrogens (tertiary/aromatic N) is 2. The lowest BCUT2D eigenvalue weighted by atomic mass is 9.88. The number of fused-ring (bicyclic) bond motifs is 1. The lowest BCUT2D eigenvalue weighted by Gasteiger charge is -2.18. The smallest absolute Gasteiger partial charge is 0.256 e. The van der Waals surface area contributed by atoms with Gasteiger partial charge in [-0.2, -0.15) is 5.10 Å². The highest BCUT2D eigenvalue weighted by atomic mass is 32.1. The van der Waals surface area contributed by atoms with Crippen LogP contribution in [0, 0.1) is 19.8 Å². The fourth-order valence-electron chi connectivity index (χ4n) is 3.92. The van der Waals surface area contributed by atoms with E-state index >= 15 is 0 Å². The average molecular weight is 409 g/mol. The maximum atomic E-state index is 12.8. The van der Waals surface area contributed by atoms with Crippen LogP contribution in [0.2, 0.25) is 0 Å². The number of carbonyl (C=O) groups excluding carboxylic acids is 2. The first-order chi connectivity index (χ1) is 13.8. The van der Waals surface area contributed by atoms with Crippen molar-refractivity contribution >= 4 is 28.2 Å². The van der Waals surface area contributed by atoms with Crippen LogP contribution in [0.5, 0.6) is 0 Å². The molecule has 150 valence electrons. The van der Waals surface area contributed by atoms with Crippen LogP contribution in [0.4, 0.5) is 5.00 Å². The van der Waals surface area contributed by atoms with Gasteiger partial charge in [0.25, 0.3) is 11.8 Å². The van der Waals surface area contributed by atoms with Gasteiger partial charge in [-0.3, -0.25) is 9.59 Å². The Hall–Kier alpha value is -2.93. The third-order valence-electron chi connectivity index (χ3n) is 5.37. The lowest BCUT2D eigenvalue weighted by Crippen LogP contribution is -2.19. The van der Waals surface area contributed by atoms with Crippen LogP contribution in [0.15, 0.2) is 30.3 Å². The van der Waals surface area contributed by atoms with Crippen molar-refractivity contribution in [3.8, 4) is 5.69 Å². The molecule has 2 heterocycles. The minimum absolute atomic E-state index is 0.251. The fourth-order valence-corrected chi connectivity index (χ4v) is 5.33. The van der Waals surface area contributed by atoms with Gasteiger partial charge < -0.3 is 11.1 Å². The van der Waals surface area contributed by atoms with Crippen LogP contribution in [0.1, 0.15) is 55.9 Å². The topological polar surface area (TPSA) is 90.0 Å². The number of carbonyl (C=O) groups is 2. The summed E-state index contributed by atoms with van der Waals surface area (Å²) in [7, 11) is 0. The number of aryl methyl sites for hydroxylation is 2.